The molecule has 1 heterocycles. The zero-order chi connectivity index (χ0) is 7.23. The third kappa shape index (κ3) is 1.11. The van der Waals surface area contributed by atoms with Crippen molar-refractivity contribution >= 4 is 0 Å². The van der Waals surface area contributed by atoms with E-state index in [-0.39, 0.29) is 0 Å². The molecule has 1 unspecified atom stereocenters. The van der Waals surface area contributed by atoms with Gasteiger partial charge in [-0.2, -0.15) is 0 Å². The molecule has 0 saturated carbocycles. The van der Waals surface area contributed by atoms with E-state index >= 15 is 0 Å². The van der Waals surface area contributed by atoms with Crippen molar-refractivity contribution in [1.29, 1.82) is 0 Å². The number of hydrogen-bond acceptors (Lipinski definition) is 1. The Hall–Kier alpha value is -0.0400. The molecule has 1 saturated heterocycles. The molecular formula is C8H17N. The number of nitrogens with zero attached hydrogens (tertiary/aromatic N) is 1. The predicted molar refractivity (Wildman–Crippen MR) is 40.5 cm³/mol. The Labute approximate surface area is 58.0 Å². The van der Waals surface area contributed by atoms with E-state index in [1.807, 2.05) is 0 Å². The van der Waals surface area contributed by atoms with Gasteiger partial charge in [-0.05, 0) is 19.4 Å². The highest BCUT2D eigenvalue weighted by molar-refractivity contribution is 5.03. The standard InChI is InChI=1S/C8H17N/c1-6-7(9(6)5)8(2,3)4/h6-7H,1-5H3/t6-,7+,9?/m1/s1. The molecule has 1 rings (SSSR count). The fourth-order valence-corrected chi connectivity index (χ4v) is 1.83. The summed E-state index contributed by atoms with van der Waals surface area (Å²) in [6.45, 7) is 9.20. The molecule has 0 spiro atoms. The van der Waals surface area contributed by atoms with Crippen LogP contribution in [0.3, 0.4) is 0 Å². The van der Waals surface area contributed by atoms with Crippen LogP contribution in [-0.2, 0) is 0 Å². The predicted octanol–water partition coefficient (Wildman–Crippen LogP) is 1.74. The molecule has 0 N–H and O–H groups in total. The first kappa shape index (κ1) is 7.07. The minimum atomic E-state index is 0.480. The summed E-state index contributed by atoms with van der Waals surface area (Å²) < 4.78 is 0. The average molecular weight is 127 g/mol. The summed E-state index contributed by atoms with van der Waals surface area (Å²) in [5, 5.41) is 0. The molecule has 1 heteroatoms. The van der Waals surface area contributed by atoms with Gasteiger partial charge in [-0.3, -0.25) is 4.90 Å². The zero-order valence-electron chi connectivity index (χ0n) is 7.10. The van der Waals surface area contributed by atoms with Crippen molar-refractivity contribution in [3.05, 3.63) is 0 Å². The molecule has 1 aliphatic heterocycles. The van der Waals surface area contributed by atoms with Crippen LogP contribution in [0.4, 0.5) is 0 Å². The molecule has 3 atom stereocenters. The molecule has 0 aromatic heterocycles. The van der Waals surface area contributed by atoms with Crippen molar-refractivity contribution in [2.24, 2.45) is 5.41 Å². The fraction of sp³-hybridized carbons (Fsp3) is 1.00. The SMILES string of the molecule is C[C@@H]1[C@@H](C(C)(C)C)N1C. The molecule has 54 valence electrons. The number of likely N-dealkylation sites (N-methyl/N-ethyl adjacent to an activating group) is 1. The number of rotatable bonds is 0. The van der Waals surface area contributed by atoms with Crippen LogP contribution in [0.15, 0.2) is 0 Å². The molecule has 1 aliphatic rings. The Bertz CT molecular complexity index is 104. The largest absolute Gasteiger partial charge is 0.297 e. The van der Waals surface area contributed by atoms with Gasteiger partial charge in [-0.25, -0.2) is 0 Å². The molecule has 0 bridgehead atoms. The monoisotopic (exact) mass is 127 g/mol. The van der Waals surface area contributed by atoms with Crippen LogP contribution in [0.1, 0.15) is 27.7 Å². The van der Waals surface area contributed by atoms with Gasteiger partial charge in [-0.1, -0.05) is 20.8 Å². The molecule has 0 aromatic carbocycles. The molecule has 9 heavy (non-hydrogen) atoms. The summed E-state index contributed by atoms with van der Waals surface area (Å²) >= 11 is 0. The van der Waals surface area contributed by atoms with Crippen molar-refractivity contribution in [3.63, 3.8) is 0 Å². The van der Waals surface area contributed by atoms with Crippen LogP contribution in [0.25, 0.3) is 0 Å². The van der Waals surface area contributed by atoms with E-state index in [2.05, 4.69) is 39.6 Å². The second-order valence-electron chi connectivity index (χ2n) is 4.22. The van der Waals surface area contributed by atoms with Gasteiger partial charge in [-0.15, -0.1) is 0 Å². The van der Waals surface area contributed by atoms with Crippen molar-refractivity contribution in [3.8, 4) is 0 Å². The first-order chi connectivity index (χ1) is 3.94. The third-order valence-corrected chi connectivity index (χ3v) is 2.34. The summed E-state index contributed by atoms with van der Waals surface area (Å²) in [5.41, 5.74) is 0.480. The fourth-order valence-electron chi connectivity index (χ4n) is 1.83. The van der Waals surface area contributed by atoms with Crippen molar-refractivity contribution in [1.82, 2.24) is 4.90 Å². The lowest BCUT2D eigenvalue weighted by Crippen LogP contribution is -2.17. The molecule has 0 amide bonds. The van der Waals surface area contributed by atoms with Crippen LogP contribution < -0.4 is 0 Å². The van der Waals surface area contributed by atoms with Crippen LogP contribution in [0, 0.1) is 5.41 Å². The maximum Gasteiger partial charge on any atom is 0.0297 e. The normalized spacial score (nSPS) is 43.0. The quantitative estimate of drug-likeness (QED) is 0.448. The minimum Gasteiger partial charge on any atom is -0.297 e. The summed E-state index contributed by atoms with van der Waals surface area (Å²) in [6.07, 6.45) is 0. The van der Waals surface area contributed by atoms with E-state index < -0.39 is 0 Å². The summed E-state index contributed by atoms with van der Waals surface area (Å²) in [5.74, 6) is 0. The first-order valence-corrected chi connectivity index (χ1v) is 3.66. The Morgan fingerprint density at radius 1 is 1.22 bits per heavy atom. The summed E-state index contributed by atoms with van der Waals surface area (Å²) in [7, 11) is 2.20. The summed E-state index contributed by atoms with van der Waals surface area (Å²) in [4.78, 5) is 2.42. The lowest BCUT2D eigenvalue weighted by molar-refractivity contribution is 0.350. The maximum absolute atomic E-state index is 2.42. The van der Waals surface area contributed by atoms with Crippen molar-refractivity contribution in [2.45, 2.75) is 39.8 Å². The van der Waals surface area contributed by atoms with Gasteiger partial charge in [0.25, 0.3) is 0 Å². The van der Waals surface area contributed by atoms with Gasteiger partial charge in [0.05, 0.1) is 0 Å². The van der Waals surface area contributed by atoms with Crippen LogP contribution in [0.2, 0.25) is 0 Å². The van der Waals surface area contributed by atoms with Crippen molar-refractivity contribution in [2.75, 3.05) is 7.05 Å². The van der Waals surface area contributed by atoms with Crippen molar-refractivity contribution < 1.29 is 0 Å². The van der Waals surface area contributed by atoms with Crippen LogP contribution in [-0.4, -0.2) is 24.0 Å². The van der Waals surface area contributed by atoms with Gasteiger partial charge >= 0.3 is 0 Å². The smallest absolute Gasteiger partial charge is 0.0297 e. The lowest BCUT2D eigenvalue weighted by Gasteiger charge is -2.16. The minimum absolute atomic E-state index is 0.480. The van der Waals surface area contributed by atoms with E-state index in [1.165, 1.54) is 0 Å². The molecule has 1 nitrogen and oxygen atoms in total. The van der Waals surface area contributed by atoms with Gasteiger partial charge in [0, 0.05) is 12.1 Å². The van der Waals surface area contributed by atoms with Crippen LogP contribution >= 0.6 is 0 Å². The molecule has 0 radical (unpaired) electrons. The van der Waals surface area contributed by atoms with Crippen LogP contribution in [0.5, 0.6) is 0 Å². The number of hydrogen-bond donors (Lipinski definition) is 0. The van der Waals surface area contributed by atoms with Gasteiger partial charge in [0.1, 0.15) is 0 Å². The Kier molecular flexibility index (Phi) is 1.35. The topological polar surface area (TPSA) is 3.01 Å². The average Bonchev–Trinajstić information content (AvgIpc) is 2.11. The van der Waals surface area contributed by atoms with E-state index in [0.29, 0.717) is 5.41 Å². The lowest BCUT2D eigenvalue weighted by atomic mass is 9.90. The van der Waals surface area contributed by atoms with E-state index in [9.17, 15) is 0 Å². The van der Waals surface area contributed by atoms with Gasteiger partial charge in [0.2, 0.25) is 0 Å². The zero-order valence-corrected chi connectivity index (χ0v) is 7.10. The Morgan fingerprint density at radius 3 is 1.56 bits per heavy atom. The van der Waals surface area contributed by atoms with E-state index in [4.69, 9.17) is 0 Å². The Balaban J connectivity index is 2.50. The highest BCUT2D eigenvalue weighted by atomic mass is 15.3. The highest BCUT2D eigenvalue weighted by Gasteiger charge is 2.47. The van der Waals surface area contributed by atoms with E-state index in [1.54, 1.807) is 0 Å². The van der Waals surface area contributed by atoms with Gasteiger partial charge in [0.15, 0.2) is 0 Å². The van der Waals surface area contributed by atoms with E-state index in [0.717, 1.165) is 12.1 Å². The molecule has 1 fully saturated rings. The second kappa shape index (κ2) is 1.72. The maximum atomic E-state index is 2.42. The molecular weight excluding hydrogens is 110 g/mol. The Morgan fingerprint density at radius 2 is 1.56 bits per heavy atom. The second-order valence-corrected chi connectivity index (χ2v) is 4.22. The third-order valence-electron chi connectivity index (χ3n) is 2.34. The molecule has 0 aromatic rings. The first-order valence-electron chi connectivity index (χ1n) is 3.66. The van der Waals surface area contributed by atoms with Gasteiger partial charge < -0.3 is 0 Å². The highest BCUT2D eigenvalue weighted by Crippen LogP contribution is 2.39. The summed E-state index contributed by atoms with van der Waals surface area (Å²) in [6, 6.07) is 1.63. The molecule has 0 aliphatic carbocycles.